The van der Waals surface area contributed by atoms with Gasteiger partial charge in [0.25, 0.3) is 0 Å². The molecule has 0 amide bonds. The van der Waals surface area contributed by atoms with Gasteiger partial charge in [0, 0.05) is 19.2 Å². The predicted octanol–water partition coefficient (Wildman–Crippen LogP) is 3.41. The van der Waals surface area contributed by atoms with Gasteiger partial charge in [-0.3, -0.25) is 0 Å². The minimum atomic E-state index is -4.65. The summed E-state index contributed by atoms with van der Waals surface area (Å²) in [5, 5.41) is 3.32. The summed E-state index contributed by atoms with van der Waals surface area (Å²) in [6.07, 6.45) is -2.27. The first-order valence-corrected chi connectivity index (χ1v) is 6.65. The van der Waals surface area contributed by atoms with Crippen LogP contribution in [-0.4, -0.2) is 25.6 Å². The Morgan fingerprint density at radius 2 is 2.05 bits per heavy atom. The normalized spacial score (nSPS) is 20.9. The molecule has 1 N–H and O–H groups in total. The maximum absolute atomic E-state index is 12.0. The Balaban J connectivity index is 1.85. The zero-order valence-corrected chi connectivity index (χ0v) is 11.2. The first kappa shape index (κ1) is 15.1. The van der Waals surface area contributed by atoms with E-state index in [2.05, 4.69) is 10.1 Å². The Labute approximate surface area is 116 Å². The Bertz CT molecular complexity index is 413. The summed E-state index contributed by atoms with van der Waals surface area (Å²) in [5.74, 6) is -0.201. The molecule has 0 spiro atoms. The van der Waals surface area contributed by atoms with Gasteiger partial charge in [-0.25, -0.2) is 0 Å². The van der Waals surface area contributed by atoms with Crippen molar-refractivity contribution in [1.82, 2.24) is 5.32 Å². The molecule has 1 aliphatic rings. The second kappa shape index (κ2) is 6.45. The van der Waals surface area contributed by atoms with E-state index in [1.165, 1.54) is 12.1 Å². The third-order valence-electron chi connectivity index (χ3n) is 3.29. The van der Waals surface area contributed by atoms with Crippen molar-refractivity contribution in [2.24, 2.45) is 0 Å². The average Bonchev–Trinajstić information content (AvgIpc) is 2.88. The van der Waals surface area contributed by atoms with Gasteiger partial charge in [0.15, 0.2) is 0 Å². The van der Waals surface area contributed by atoms with Crippen LogP contribution in [0.5, 0.6) is 5.75 Å². The second-order valence-electron chi connectivity index (χ2n) is 4.88. The van der Waals surface area contributed by atoms with E-state index < -0.39 is 6.36 Å². The van der Waals surface area contributed by atoms with Crippen LogP contribution in [0.1, 0.15) is 31.4 Å². The van der Waals surface area contributed by atoms with Gasteiger partial charge in [0.05, 0.1) is 6.10 Å². The Morgan fingerprint density at radius 1 is 1.35 bits per heavy atom. The van der Waals surface area contributed by atoms with E-state index in [0.717, 1.165) is 31.6 Å². The van der Waals surface area contributed by atoms with Crippen molar-refractivity contribution in [3.63, 3.8) is 0 Å². The van der Waals surface area contributed by atoms with Gasteiger partial charge in [-0.2, -0.15) is 0 Å². The lowest BCUT2D eigenvalue weighted by Crippen LogP contribution is -2.28. The minimum absolute atomic E-state index is 0.0548. The van der Waals surface area contributed by atoms with Crippen molar-refractivity contribution >= 4 is 0 Å². The highest BCUT2D eigenvalue weighted by Gasteiger charge is 2.31. The average molecular weight is 289 g/mol. The predicted molar refractivity (Wildman–Crippen MR) is 68.5 cm³/mol. The van der Waals surface area contributed by atoms with E-state index in [4.69, 9.17) is 4.74 Å². The molecule has 1 aromatic rings. The molecule has 1 heterocycles. The molecular formula is C14H18F3NO2. The van der Waals surface area contributed by atoms with Gasteiger partial charge in [-0.15, -0.1) is 13.2 Å². The molecule has 3 nitrogen and oxygen atoms in total. The minimum Gasteiger partial charge on any atom is -0.406 e. The maximum atomic E-state index is 12.0. The van der Waals surface area contributed by atoms with E-state index >= 15 is 0 Å². The monoisotopic (exact) mass is 289 g/mol. The van der Waals surface area contributed by atoms with Crippen molar-refractivity contribution in [3.8, 4) is 5.75 Å². The number of benzene rings is 1. The van der Waals surface area contributed by atoms with Crippen LogP contribution in [-0.2, 0) is 4.74 Å². The van der Waals surface area contributed by atoms with Gasteiger partial charge >= 0.3 is 6.36 Å². The molecule has 6 heteroatoms. The molecule has 1 aliphatic heterocycles. The highest BCUT2D eigenvalue weighted by atomic mass is 19.4. The molecule has 0 aromatic heterocycles. The van der Waals surface area contributed by atoms with Gasteiger partial charge < -0.3 is 14.8 Å². The van der Waals surface area contributed by atoms with Crippen molar-refractivity contribution < 1.29 is 22.6 Å². The smallest absolute Gasteiger partial charge is 0.406 e. The van der Waals surface area contributed by atoms with Crippen molar-refractivity contribution in [2.45, 2.75) is 38.3 Å². The van der Waals surface area contributed by atoms with Crippen molar-refractivity contribution in [3.05, 3.63) is 29.8 Å². The third-order valence-corrected chi connectivity index (χ3v) is 3.29. The van der Waals surface area contributed by atoms with E-state index in [1.807, 2.05) is 6.92 Å². The molecule has 1 aromatic carbocycles. The van der Waals surface area contributed by atoms with Gasteiger partial charge in [0.1, 0.15) is 5.75 Å². The van der Waals surface area contributed by atoms with E-state index in [0.29, 0.717) is 0 Å². The first-order valence-electron chi connectivity index (χ1n) is 6.65. The number of hydrogen-bond donors (Lipinski definition) is 1. The fraction of sp³-hybridized carbons (Fsp3) is 0.571. The summed E-state index contributed by atoms with van der Waals surface area (Å²) in [6, 6.07) is 5.97. The van der Waals surface area contributed by atoms with E-state index in [-0.39, 0.29) is 17.9 Å². The topological polar surface area (TPSA) is 30.5 Å². The molecule has 0 bridgehead atoms. The lowest BCUT2D eigenvalue weighted by molar-refractivity contribution is -0.274. The Hall–Kier alpha value is -1.27. The molecule has 0 aliphatic carbocycles. The van der Waals surface area contributed by atoms with Gasteiger partial charge in [-0.1, -0.05) is 12.1 Å². The fourth-order valence-corrected chi connectivity index (χ4v) is 2.19. The lowest BCUT2D eigenvalue weighted by atomic mass is 10.1. The summed E-state index contributed by atoms with van der Waals surface area (Å²) < 4.78 is 45.5. The van der Waals surface area contributed by atoms with Gasteiger partial charge in [-0.05, 0) is 37.5 Å². The van der Waals surface area contributed by atoms with Gasteiger partial charge in [0.2, 0.25) is 0 Å². The summed E-state index contributed by atoms with van der Waals surface area (Å²) >= 11 is 0. The summed E-state index contributed by atoms with van der Waals surface area (Å²) in [4.78, 5) is 0. The first-order chi connectivity index (χ1) is 9.44. The Morgan fingerprint density at radius 3 is 2.60 bits per heavy atom. The quantitative estimate of drug-likeness (QED) is 0.901. The summed E-state index contributed by atoms with van der Waals surface area (Å²) in [6.45, 7) is 3.53. The number of halogens is 3. The van der Waals surface area contributed by atoms with Crippen LogP contribution in [0.3, 0.4) is 0 Å². The van der Waals surface area contributed by atoms with E-state index in [1.54, 1.807) is 12.1 Å². The number of ether oxygens (including phenoxy) is 2. The van der Waals surface area contributed by atoms with Crippen LogP contribution < -0.4 is 10.1 Å². The zero-order valence-electron chi connectivity index (χ0n) is 11.2. The maximum Gasteiger partial charge on any atom is 0.573 e. The highest BCUT2D eigenvalue weighted by Crippen LogP contribution is 2.24. The van der Waals surface area contributed by atoms with Crippen LogP contribution in [0.25, 0.3) is 0 Å². The molecule has 20 heavy (non-hydrogen) atoms. The number of rotatable bonds is 5. The molecular weight excluding hydrogens is 271 g/mol. The lowest BCUT2D eigenvalue weighted by Gasteiger charge is -2.18. The van der Waals surface area contributed by atoms with Crippen LogP contribution in [0.2, 0.25) is 0 Å². The fourth-order valence-electron chi connectivity index (χ4n) is 2.19. The van der Waals surface area contributed by atoms with Crippen molar-refractivity contribution in [1.29, 1.82) is 0 Å². The third kappa shape index (κ3) is 4.68. The molecule has 2 rings (SSSR count). The summed E-state index contributed by atoms with van der Waals surface area (Å²) in [7, 11) is 0. The molecule has 0 radical (unpaired) electrons. The molecule has 112 valence electrons. The second-order valence-corrected chi connectivity index (χ2v) is 4.88. The van der Waals surface area contributed by atoms with Crippen LogP contribution in [0.4, 0.5) is 13.2 Å². The van der Waals surface area contributed by atoms with Crippen LogP contribution >= 0.6 is 0 Å². The molecule has 1 fully saturated rings. The standard InChI is InChI=1S/C14H18F3NO2/c1-10(18-9-13-3-2-8-19-13)11-4-6-12(7-5-11)20-14(15,16)17/h4-7,10,13,18H,2-3,8-9H2,1H3. The number of nitrogens with one attached hydrogen (secondary N) is 1. The largest absolute Gasteiger partial charge is 0.573 e. The zero-order chi connectivity index (χ0) is 14.6. The Kier molecular flexibility index (Phi) is 4.88. The van der Waals surface area contributed by atoms with Crippen LogP contribution in [0, 0.1) is 0 Å². The summed E-state index contributed by atoms with van der Waals surface area (Å²) in [5.41, 5.74) is 0.914. The van der Waals surface area contributed by atoms with E-state index in [9.17, 15) is 13.2 Å². The molecule has 0 saturated carbocycles. The number of alkyl halides is 3. The molecule has 1 saturated heterocycles. The van der Waals surface area contributed by atoms with Crippen molar-refractivity contribution in [2.75, 3.05) is 13.2 Å². The van der Waals surface area contributed by atoms with Crippen LogP contribution in [0.15, 0.2) is 24.3 Å². The highest BCUT2D eigenvalue weighted by molar-refractivity contribution is 5.29. The molecule has 2 unspecified atom stereocenters. The number of hydrogen-bond acceptors (Lipinski definition) is 3. The SMILES string of the molecule is CC(NCC1CCCO1)c1ccc(OC(F)(F)F)cc1. The molecule has 2 atom stereocenters.